The van der Waals surface area contributed by atoms with Crippen LogP contribution in [0.2, 0.25) is 0 Å². The molecule has 0 radical (unpaired) electrons. The molecule has 1 saturated heterocycles. The molecule has 6 heteroatoms. The number of benzene rings is 2. The molecule has 1 fully saturated rings. The lowest BCUT2D eigenvalue weighted by molar-refractivity contribution is 0.647. The van der Waals surface area contributed by atoms with E-state index in [1.165, 1.54) is 11.3 Å². The Balaban J connectivity index is 1.23. The van der Waals surface area contributed by atoms with E-state index in [1.807, 2.05) is 37.4 Å². The van der Waals surface area contributed by atoms with E-state index in [0.717, 1.165) is 59.7 Å². The molecule has 0 atom stereocenters. The Hall–Kier alpha value is -3.80. The zero-order valence-electron chi connectivity index (χ0n) is 19.1. The number of piperazine rings is 1. The van der Waals surface area contributed by atoms with E-state index in [1.54, 1.807) is 0 Å². The maximum atomic E-state index is 12.6. The van der Waals surface area contributed by atoms with E-state index in [-0.39, 0.29) is 5.56 Å². The molecule has 0 saturated carbocycles. The lowest BCUT2D eigenvalue weighted by Crippen LogP contribution is -2.46. The molecule has 3 heterocycles. The molecular weight excluding hydrogens is 410 g/mol. The normalized spacial score (nSPS) is 14.0. The van der Waals surface area contributed by atoms with E-state index in [2.05, 4.69) is 68.4 Å². The molecule has 4 aromatic rings. The summed E-state index contributed by atoms with van der Waals surface area (Å²) >= 11 is 0. The predicted molar refractivity (Wildman–Crippen MR) is 136 cm³/mol. The van der Waals surface area contributed by atoms with Gasteiger partial charge in [0.2, 0.25) is 0 Å². The largest absolute Gasteiger partial charge is 0.381 e. The number of pyridine rings is 2. The molecular formula is C27H29N5O. The third kappa shape index (κ3) is 4.42. The summed E-state index contributed by atoms with van der Waals surface area (Å²) in [6, 6.07) is 20.7. The quantitative estimate of drug-likeness (QED) is 0.480. The Bertz CT molecular complexity index is 1310. The first-order valence-corrected chi connectivity index (χ1v) is 11.5. The van der Waals surface area contributed by atoms with Gasteiger partial charge < -0.3 is 20.1 Å². The minimum Gasteiger partial charge on any atom is -0.381 e. The van der Waals surface area contributed by atoms with Gasteiger partial charge in [0, 0.05) is 61.2 Å². The first-order chi connectivity index (χ1) is 16.1. The Kier molecular flexibility index (Phi) is 5.73. The summed E-state index contributed by atoms with van der Waals surface area (Å²) in [5, 5.41) is 4.51. The van der Waals surface area contributed by atoms with Gasteiger partial charge in [-0.2, -0.15) is 0 Å². The molecule has 0 aliphatic carbocycles. The van der Waals surface area contributed by atoms with Crippen molar-refractivity contribution < 1.29 is 0 Å². The smallest absolute Gasteiger partial charge is 0.253 e. The van der Waals surface area contributed by atoms with Gasteiger partial charge >= 0.3 is 0 Å². The lowest BCUT2D eigenvalue weighted by Gasteiger charge is -2.36. The zero-order chi connectivity index (χ0) is 22.8. The van der Waals surface area contributed by atoms with Gasteiger partial charge in [0.15, 0.2) is 0 Å². The maximum absolute atomic E-state index is 12.6. The Morgan fingerprint density at radius 3 is 2.36 bits per heavy atom. The number of hydrogen-bond acceptors (Lipinski definition) is 5. The SMILES string of the molecule is Cc1ccc(C)c2[nH]c(=O)c(CNc3ccc(N4CCN(c5ccccn5)CC4)cc3)cc12. The number of nitrogens with zero attached hydrogens (tertiary/aromatic N) is 3. The Morgan fingerprint density at radius 1 is 0.909 bits per heavy atom. The minimum atomic E-state index is -0.0360. The molecule has 5 rings (SSSR count). The standard InChI is InChI=1S/C27H29N5O/c1-19-6-7-20(2)26-24(19)17-21(27(33)30-26)18-29-22-8-10-23(11-9-22)31-13-15-32(16-14-31)25-5-3-4-12-28-25/h3-12,17,29H,13-16,18H2,1-2H3,(H,30,33). The number of nitrogens with one attached hydrogen (secondary N) is 2. The van der Waals surface area contributed by atoms with Crippen LogP contribution in [0, 0.1) is 13.8 Å². The van der Waals surface area contributed by atoms with Crippen molar-refractivity contribution in [2.24, 2.45) is 0 Å². The number of anilines is 3. The van der Waals surface area contributed by atoms with Crippen molar-refractivity contribution in [1.82, 2.24) is 9.97 Å². The molecule has 2 aromatic heterocycles. The number of aryl methyl sites for hydroxylation is 2. The van der Waals surface area contributed by atoms with Crippen molar-refractivity contribution in [3.8, 4) is 0 Å². The van der Waals surface area contributed by atoms with Crippen LogP contribution in [0.5, 0.6) is 0 Å². The summed E-state index contributed by atoms with van der Waals surface area (Å²) < 4.78 is 0. The van der Waals surface area contributed by atoms with Crippen molar-refractivity contribution in [2.75, 3.05) is 41.3 Å². The molecule has 168 valence electrons. The third-order valence-electron chi connectivity index (χ3n) is 6.49. The summed E-state index contributed by atoms with van der Waals surface area (Å²) in [6.07, 6.45) is 1.85. The van der Waals surface area contributed by atoms with Gasteiger partial charge in [-0.15, -0.1) is 0 Å². The van der Waals surface area contributed by atoms with Crippen molar-refractivity contribution in [3.63, 3.8) is 0 Å². The molecule has 0 amide bonds. The summed E-state index contributed by atoms with van der Waals surface area (Å²) in [6.45, 7) is 8.44. The second-order valence-electron chi connectivity index (χ2n) is 8.67. The summed E-state index contributed by atoms with van der Waals surface area (Å²) in [7, 11) is 0. The number of aromatic amines is 1. The molecule has 1 aliphatic heterocycles. The molecule has 0 spiro atoms. The highest BCUT2D eigenvalue weighted by Crippen LogP contribution is 2.23. The van der Waals surface area contributed by atoms with Crippen LogP contribution in [0.25, 0.3) is 10.9 Å². The van der Waals surface area contributed by atoms with Gasteiger partial charge in [0.05, 0.1) is 5.52 Å². The first kappa shape index (κ1) is 21.1. The fraction of sp³-hybridized carbons (Fsp3) is 0.259. The summed E-state index contributed by atoms with van der Waals surface area (Å²) in [5.74, 6) is 1.05. The van der Waals surface area contributed by atoms with E-state index in [9.17, 15) is 4.79 Å². The van der Waals surface area contributed by atoms with Crippen LogP contribution in [-0.2, 0) is 6.54 Å². The predicted octanol–water partition coefficient (Wildman–Crippen LogP) is 4.48. The molecule has 0 bridgehead atoms. The highest BCUT2D eigenvalue weighted by molar-refractivity contribution is 5.85. The van der Waals surface area contributed by atoms with E-state index in [4.69, 9.17) is 0 Å². The van der Waals surface area contributed by atoms with Gasteiger partial charge in [-0.3, -0.25) is 4.79 Å². The Labute approximate surface area is 193 Å². The highest BCUT2D eigenvalue weighted by Gasteiger charge is 2.18. The van der Waals surface area contributed by atoms with Crippen molar-refractivity contribution >= 4 is 28.1 Å². The van der Waals surface area contributed by atoms with Crippen LogP contribution in [-0.4, -0.2) is 36.1 Å². The van der Waals surface area contributed by atoms with Crippen molar-refractivity contribution in [2.45, 2.75) is 20.4 Å². The van der Waals surface area contributed by atoms with Crippen LogP contribution < -0.4 is 20.7 Å². The molecule has 2 aromatic carbocycles. The fourth-order valence-corrected chi connectivity index (χ4v) is 4.47. The van der Waals surface area contributed by atoms with E-state index in [0.29, 0.717) is 6.54 Å². The van der Waals surface area contributed by atoms with Gasteiger partial charge in [0.25, 0.3) is 5.56 Å². The van der Waals surface area contributed by atoms with Crippen LogP contribution >= 0.6 is 0 Å². The van der Waals surface area contributed by atoms with Crippen LogP contribution in [0.4, 0.5) is 17.2 Å². The molecule has 0 unspecified atom stereocenters. The zero-order valence-corrected chi connectivity index (χ0v) is 19.1. The Morgan fingerprint density at radius 2 is 1.64 bits per heavy atom. The topological polar surface area (TPSA) is 64.3 Å². The van der Waals surface area contributed by atoms with Crippen LogP contribution in [0.15, 0.2) is 71.7 Å². The monoisotopic (exact) mass is 439 g/mol. The van der Waals surface area contributed by atoms with Gasteiger partial charge in [-0.05, 0) is 67.4 Å². The first-order valence-electron chi connectivity index (χ1n) is 11.5. The minimum absolute atomic E-state index is 0.0360. The second kappa shape index (κ2) is 8.98. The van der Waals surface area contributed by atoms with Gasteiger partial charge in [0.1, 0.15) is 5.82 Å². The van der Waals surface area contributed by atoms with Crippen LogP contribution in [0.1, 0.15) is 16.7 Å². The molecule has 33 heavy (non-hydrogen) atoms. The average Bonchev–Trinajstić information content (AvgIpc) is 2.86. The number of fused-ring (bicyclic) bond motifs is 1. The summed E-state index contributed by atoms with van der Waals surface area (Å²) in [4.78, 5) is 24.9. The fourth-order valence-electron chi connectivity index (χ4n) is 4.47. The maximum Gasteiger partial charge on any atom is 0.253 e. The van der Waals surface area contributed by atoms with Gasteiger partial charge in [-0.1, -0.05) is 18.2 Å². The summed E-state index contributed by atoms with van der Waals surface area (Å²) in [5.41, 5.74) is 6.11. The third-order valence-corrected chi connectivity index (χ3v) is 6.49. The van der Waals surface area contributed by atoms with Gasteiger partial charge in [-0.25, -0.2) is 4.98 Å². The number of hydrogen-bond donors (Lipinski definition) is 2. The van der Waals surface area contributed by atoms with Crippen molar-refractivity contribution in [1.29, 1.82) is 0 Å². The highest BCUT2D eigenvalue weighted by atomic mass is 16.1. The molecule has 1 aliphatic rings. The van der Waals surface area contributed by atoms with Crippen LogP contribution in [0.3, 0.4) is 0 Å². The second-order valence-corrected chi connectivity index (χ2v) is 8.67. The van der Waals surface area contributed by atoms with E-state index >= 15 is 0 Å². The average molecular weight is 440 g/mol. The molecule has 6 nitrogen and oxygen atoms in total. The van der Waals surface area contributed by atoms with E-state index < -0.39 is 0 Å². The lowest BCUT2D eigenvalue weighted by atomic mass is 10.0. The number of H-pyrrole nitrogens is 1. The van der Waals surface area contributed by atoms with Crippen molar-refractivity contribution in [3.05, 3.63) is 93.9 Å². The number of aromatic nitrogens is 2. The number of rotatable bonds is 5. The molecule has 2 N–H and O–H groups in total.